The van der Waals surface area contributed by atoms with Crippen LogP contribution in [0.15, 0.2) is 36.2 Å². The van der Waals surface area contributed by atoms with Gasteiger partial charge in [-0.3, -0.25) is 10.6 Å². The number of rotatable bonds is 6. The molecule has 1 aromatic carbocycles. The van der Waals surface area contributed by atoms with Gasteiger partial charge in [0.05, 0.1) is 12.8 Å². The molecule has 25 heavy (non-hydrogen) atoms. The lowest BCUT2D eigenvalue weighted by Crippen LogP contribution is -2.40. The Hall–Kier alpha value is -2.78. The molecule has 1 aromatic rings. The van der Waals surface area contributed by atoms with E-state index < -0.39 is 18.3 Å². The molecule has 1 aliphatic heterocycles. The first-order valence-corrected chi connectivity index (χ1v) is 7.79. The zero-order chi connectivity index (χ0) is 18.2. The van der Waals surface area contributed by atoms with E-state index in [2.05, 4.69) is 5.48 Å². The third kappa shape index (κ3) is 5.37. The number of piperidine rings is 1. The summed E-state index contributed by atoms with van der Waals surface area (Å²) in [7, 11) is 0. The maximum atomic E-state index is 11.8. The van der Waals surface area contributed by atoms with Crippen LogP contribution in [-0.2, 0) is 16.2 Å². The molecule has 9 nitrogen and oxygen atoms in total. The molecule has 5 N–H and O–H groups in total. The highest BCUT2D eigenvalue weighted by Crippen LogP contribution is 2.19. The molecule has 1 aliphatic rings. The number of ether oxygens (including phenoxy) is 1. The van der Waals surface area contributed by atoms with Crippen molar-refractivity contribution in [3.63, 3.8) is 0 Å². The van der Waals surface area contributed by atoms with Crippen molar-refractivity contribution < 1.29 is 29.4 Å². The van der Waals surface area contributed by atoms with Crippen LogP contribution in [0.3, 0.4) is 0 Å². The number of hydroxylamine groups is 1. The van der Waals surface area contributed by atoms with Gasteiger partial charge in [0.25, 0.3) is 0 Å². The van der Waals surface area contributed by atoms with Gasteiger partial charge >= 0.3 is 12.1 Å². The van der Waals surface area contributed by atoms with E-state index in [0.29, 0.717) is 30.0 Å². The summed E-state index contributed by atoms with van der Waals surface area (Å²) in [5, 5.41) is 18.1. The molecule has 1 atom stereocenters. The van der Waals surface area contributed by atoms with Crippen molar-refractivity contribution >= 4 is 12.1 Å². The first-order chi connectivity index (χ1) is 12.0. The Morgan fingerprint density at radius 2 is 2.04 bits per heavy atom. The molecule has 1 unspecified atom stereocenters. The van der Waals surface area contributed by atoms with E-state index in [9.17, 15) is 9.59 Å². The van der Waals surface area contributed by atoms with E-state index in [1.54, 1.807) is 24.3 Å². The first-order valence-electron chi connectivity index (χ1n) is 7.79. The lowest BCUT2D eigenvalue weighted by atomic mass is 10.1. The van der Waals surface area contributed by atoms with Gasteiger partial charge in [-0.1, -0.05) is 12.1 Å². The summed E-state index contributed by atoms with van der Waals surface area (Å²) in [6.07, 6.45) is 1.14. The van der Waals surface area contributed by atoms with Crippen molar-refractivity contribution in [3.8, 4) is 5.75 Å². The number of carbonyl (C=O) groups is 2. The predicted octanol–water partition coefficient (Wildman–Crippen LogP) is 0.896. The maximum absolute atomic E-state index is 11.8. The smallest absolute Gasteiger partial charge is 0.411 e. The summed E-state index contributed by atoms with van der Waals surface area (Å²) >= 11 is 0. The molecule has 9 heteroatoms. The summed E-state index contributed by atoms with van der Waals surface area (Å²) in [5.41, 5.74) is 9.13. The average Bonchev–Trinajstić information content (AvgIpc) is 2.62. The molecular formula is C16H21N3O6. The van der Waals surface area contributed by atoms with Gasteiger partial charge < -0.3 is 19.8 Å². The summed E-state index contributed by atoms with van der Waals surface area (Å²) in [6.45, 7) is 0.309. The molecule has 1 fully saturated rings. The van der Waals surface area contributed by atoms with Gasteiger partial charge in [-0.25, -0.2) is 15.1 Å². The quantitative estimate of drug-likeness (QED) is 0.438. The van der Waals surface area contributed by atoms with Crippen molar-refractivity contribution in [2.24, 2.45) is 5.73 Å². The molecule has 1 heterocycles. The predicted molar refractivity (Wildman–Crippen MR) is 86.9 cm³/mol. The molecule has 1 amide bonds. The normalized spacial score (nSPS) is 17.0. The van der Waals surface area contributed by atoms with Gasteiger partial charge in [-0.05, 0) is 37.0 Å². The molecule has 0 bridgehead atoms. The zero-order valence-corrected chi connectivity index (χ0v) is 13.6. The van der Waals surface area contributed by atoms with Crippen LogP contribution in [0.2, 0.25) is 0 Å². The molecular weight excluding hydrogens is 330 g/mol. The van der Waals surface area contributed by atoms with Gasteiger partial charge in [0, 0.05) is 12.2 Å². The minimum atomic E-state index is -1.35. The number of aliphatic hydroxyl groups is 1. The van der Waals surface area contributed by atoms with Crippen molar-refractivity contribution in [1.82, 2.24) is 10.4 Å². The van der Waals surface area contributed by atoms with E-state index in [0.717, 1.165) is 12.8 Å². The molecule has 0 saturated carbocycles. The summed E-state index contributed by atoms with van der Waals surface area (Å²) in [5.74, 6) is -0.509. The number of nitrogens with two attached hydrogens (primary N) is 1. The highest BCUT2D eigenvalue weighted by atomic mass is 16.7. The van der Waals surface area contributed by atoms with Crippen LogP contribution in [0.5, 0.6) is 5.75 Å². The van der Waals surface area contributed by atoms with Gasteiger partial charge in [-0.2, -0.15) is 0 Å². The SMILES string of the molecule is NC(Oc1ccc(CO)cc1)C(=O)ONC=C1CCCCN1C(=O)O. The Bertz CT molecular complexity index is 631. The van der Waals surface area contributed by atoms with E-state index in [1.807, 2.05) is 0 Å². The number of nitrogens with zero attached hydrogens (tertiary/aromatic N) is 1. The largest absolute Gasteiger partial charge is 0.465 e. The second-order valence-electron chi connectivity index (χ2n) is 5.41. The maximum Gasteiger partial charge on any atom is 0.411 e. The molecule has 1 saturated heterocycles. The Morgan fingerprint density at radius 3 is 2.68 bits per heavy atom. The summed E-state index contributed by atoms with van der Waals surface area (Å²) in [6, 6.07) is 6.42. The molecule has 0 radical (unpaired) electrons. The number of amides is 1. The summed E-state index contributed by atoms with van der Waals surface area (Å²) < 4.78 is 5.23. The van der Waals surface area contributed by atoms with Crippen molar-refractivity contribution in [2.75, 3.05) is 6.54 Å². The number of nitrogens with one attached hydrogen (secondary N) is 1. The number of carbonyl (C=O) groups excluding carboxylic acids is 1. The van der Waals surface area contributed by atoms with Crippen LogP contribution < -0.4 is 16.0 Å². The Labute approximate surface area is 144 Å². The van der Waals surface area contributed by atoms with Gasteiger partial charge in [0.2, 0.25) is 6.23 Å². The Morgan fingerprint density at radius 1 is 1.32 bits per heavy atom. The Kier molecular flexibility index (Phi) is 6.61. The fraction of sp³-hybridized carbons (Fsp3) is 0.375. The molecule has 0 aromatic heterocycles. The summed E-state index contributed by atoms with van der Waals surface area (Å²) in [4.78, 5) is 28.9. The van der Waals surface area contributed by atoms with E-state index in [1.165, 1.54) is 11.1 Å². The van der Waals surface area contributed by atoms with Crippen LogP contribution in [0, 0.1) is 0 Å². The Balaban J connectivity index is 1.84. The number of hydrogen-bond acceptors (Lipinski definition) is 7. The third-order valence-corrected chi connectivity index (χ3v) is 3.63. The molecule has 136 valence electrons. The minimum absolute atomic E-state index is 0.0969. The number of likely N-dealkylation sites (tertiary alicyclic amines) is 1. The zero-order valence-electron chi connectivity index (χ0n) is 13.6. The number of allylic oxidation sites excluding steroid dienone is 1. The molecule has 0 spiro atoms. The van der Waals surface area contributed by atoms with Crippen LogP contribution in [0.4, 0.5) is 4.79 Å². The van der Waals surface area contributed by atoms with Crippen LogP contribution in [0.1, 0.15) is 24.8 Å². The van der Waals surface area contributed by atoms with E-state index >= 15 is 0 Å². The minimum Gasteiger partial charge on any atom is -0.465 e. The lowest BCUT2D eigenvalue weighted by molar-refractivity contribution is -0.157. The van der Waals surface area contributed by atoms with Crippen LogP contribution >= 0.6 is 0 Å². The van der Waals surface area contributed by atoms with Gasteiger partial charge in [0.1, 0.15) is 5.75 Å². The van der Waals surface area contributed by atoms with Crippen molar-refractivity contribution in [1.29, 1.82) is 0 Å². The fourth-order valence-corrected chi connectivity index (χ4v) is 2.30. The van der Waals surface area contributed by atoms with E-state index in [-0.39, 0.29) is 6.61 Å². The molecule has 0 aliphatic carbocycles. The molecule has 2 rings (SSSR count). The monoisotopic (exact) mass is 351 g/mol. The lowest BCUT2D eigenvalue weighted by Gasteiger charge is -2.26. The average molecular weight is 351 g/mol. The fourth-order valence-electron chi connectivity index (χ4n) is 2.30. The highest BCUT2D eigenvalue weighted by Gasteiger charge is 2.21. The van der Waals surface area contributed by atoms with Crippen LogP contribution in [-0.4, -0.2) is 39.9 Å². The van der Waals surface area contributed by atoms with Gasteiger partial charge in [0.15, 0.2) is 0 Å². The van der Waals surface area contributed by atoms with Crippen molar-refractivity contribution in [3.05, 3.63) is 41.7 Å². The number of hydrogen-bond donors (Lipinski definition) is 4. The standard InChI is InChI=1S/C16H21N3O6/c17-14(24-13-6-4-11(10-20)5-7-13)15(21)25-18-9-12-3-1-2-8-19(12)16(22)23/h4-7,9,14,18,20H,1-3,8,10,17H2,(H,22,23). The topological polar surface area (TPSA) is 134 Å². The third-order valence-electron chi connectivity index (χ3n) is 3.63. The second kappa shape index (κ2) is 8.90. The number of aliphatic hydroxyl groups excluding tert-OH is 1. The highest BCUT2D eigenvalue weighted by molar-refractivity contribution is 5.74. The number of carboxylic acid groups (broad SMARTS) is 1. The van der Waals surface area contributed by atoms with Crippen molar-refractivity contribution in [2.45, 2.75) is 32.1 Å². The number of benzene rings is 1. The second-order valence-corrected chi connectivity index (χ2v) is 5.41. The first kappa shape index (κ1) is 18.6. The van der Waals surface area contributed by atoms with Gasteiger partial charge in [-0.15, -0.1) is 0 Å². The van der Waals surface area contributed by atoms with Crippen LogP contribution in [0.25, 0.3) is 0 Å². The van der Waals surface area contributed by atoms with E-state index in [4.69, 9.17) is 25.5 Å².